The van der Waals surface area contributed by atoms with Gasteiger partial charge in [-0.05, 0) is 25.5 Å². The molecule has 0 aliphatic rings. The monoisotopic (exact) mass is 221 g/mol. The predicted molar refractivity (Wildman–Crippen MR) is 64.0 cm³/mol. The summed E-state index contributed by atoms with van der Waals surface area (Å²) in [4.78, 5) is 17.9. The van der Waals surface area contributed by atoms with E-state index in [-0.39, 0.29) is 11.9 Å². The van der Waals surface area contributed by atoms with E-state index in [1.165, 1.54) is 0 Å². The normalized spacial score (nSPS) is 12.2. The van der Waals surface area contributed by atoms with Crippen LogP contribution in [-0.2, 0) is 6.54 Å². The first kappa shape index (κ1) is 12.6. The van der Waals surface area contributed by atoms with Crippen molar-refractivity contribution in [1.29, 1.82) is 0 Å². The smallest absolute Gasteiger partial charge is 0.253 e. The van der Waals surface area contributed by atoms with Gasteiger partial charge in [0.15, 0.2) is 0 Å². The Labute approximate surface area is 96.5 Å². The molecule has 1 unspecified atom stereocenters. The first-order valence-corrected chi connectivity index (χ1v) is 5.52. The van der Waals surface area contributed by atoms with Crippen LogP contribution in [0.2, 0.25) is 0 Å². The minimum atomic E-state index is 0.0199. The van der Waals surface area contributed by atoms with Gasteiger partial charge in [0.1, 0.15) is 0 Å². The summed E-state index contributed by atoms with van der Waals surface area (Å²) in [6, 6.07) is 3.71. The van der Waals surface area contributed by atoms with Crippen LogP contribution in [0.4, 0.5) is 0 Å². The molecule has 0 aromatic carbocycles. The van der Waals surface area contributed by atoms with Crippen molar-refractivity contribution in [2.75, 3.05) is 7.05 Å². The van der Waals surface area contributed by atoms with Crippen molar-refractivity contribution < 1.29 is 4.79 Å². The molecular formula is C12H19N3O. The minimum absolute atomic E-state index is 0.0199. The molecule has 0 aliphatic heterocycles. The van der Waals surface area contributed by atoms with Gasteiger partial charge in [0, 0.05) is 31.4 Å². The van der Waals surface area contributed by atoms with E-state index in [1.54, 1.807) is 23.2 Å². The molecule has 1 aromatic heterocycles. The fraction of sp³-hybridized carbons (Fsp3) is 0.500. The minimum Gasteiger partial charge on any atom is -0.339 e. The first-order chi connectivity index (χ1) is 7.60. The number of rotatable bonds is 4. The third kappa shape index (κ3) is 2.79. The number of hydrogen-bond acceptors (Lipinski definition) is 3. The highest BCUT2D eigenvalue weighted by Crippen LogP contribution is 2.09. The molecule has 0 spiro atoms. The van der Waals surface area contributed by atoms with Crippen molar-refractivity contribution in [2.24, 2.45) is 5.73 Å². The Balaban J connectivity index is 2.87. The second-order valence-electron chi connectivity index (χ2n) is 3.91. The summed E-state index contributed by atoms with van der Waals surface area (Å²) >= 11 is 0. The maximum Gasteiger partial charge on any atom is 0.253 e. The number of hydrogen-bond donors (Lipinski definition) is 1. The van der Waals surface area contributed by atoms with Gasteiger partial charge in [0.05, 0.1) is 5.69 Å². The number of carbonyl (C=O) groups is 1. The molecule has 88 valence electrons. The molecule has 0 fully saturated rings. The summed E-state index contributed by atoms with van der Waals surface area (Å²) in [6.45, 7) is 4.45. The third-order valence-electron chi connectivity index (χ3n) is 2.84. The van der Waals surface area contributed by atoms with Gasteiger partial charge in [-0.3, -0.25) is 9.78 Å². The zero-order chi connectivity index (χ0) is 12.1. The molecule has 1 atom stereocenters. The van der Waals surface area contributed by atoms with Gasteiger partial charge in [-0.2, -0.15) is 0 Å². The van der Waals surface area contributed by atoms with E-state index in [2.05, 4.69) is 11.9 Å². The van der Waals surface area contributed by atoms with Gasteiger partial charge in [0.25, 0.3) is 5.91 Å². The summed E-state index contributed by atoms with van der Waals surface area (Å²) < 4.78 is 0. The van der Waals surface area contributed by atoms with Crippen LogP contribution >= 0.6 is 0 Å². The van der Waals surface area contributed by atoms with Gasteiger partial charge in [-0.15, -0.1) is 0 Å². The number of nitrogens with zero attached hydrogens (tertiary/aromatic N) is 2. The predicted octanol–water partition coefficient (Wildman–Crippen LogP) is 1.41. The molecule has 0 radical (unpaired) electrons. The lowest BCUT2D eigenvalue weighted by Gasteiger charge is -2.23. The van der Waals surface area contributed by atoms with Crippen molar-refractivity contribution in [3.8, 4) is 0 Å². The van der Waals surface area contributed by atoms with E-state index in [1.807, 2.05) is 14.0 Å². The van der Waals surface area contributed by atoms with Gasteiger partial charge in [-0.1, -0.05) is 6.92 Å². The molecule has 0 saturated heterocycles. The van der Waals surface area contributed by atoms with Gasteiger partial charge >= 0.3 is 0 Å². The largest absolute Gasteiger partial charge is 0.339 e. The lowest BCUT2D eigenvalue weighted by molar-refractivity contribution is 0.0740. The number of carbonyl (C=O) groups excluding carboxylic acids is 1. The van der Waals surface area contributed by atoms with Crippen molar-refractivity contribution in [1.82, 2.24) is 9.88 Å². The van der Waals surface area contributed by atoms with E-state index in [0.29, 0.717) is 12.1 Å². The maximum atomic E-state index is 12.1. The molecular weight excluding hydrogens is 202 g/mol. The van der Waals surface area contributed by atoms with Crippen LogP contribution in [0.5, 0.6) is 0 Å². The highest BCUT2D eigenvalue weighted by atomic mass is 16.2. The average molecular weight is 221 g/mol. The summed E-state index contributed by atoms with van der Waals surface area (Å²) in [7, 11) is 1.82. The molecule has 1 amide bonds. The molecule has 0 saturated carbocycles. The fourth-order valence-electron chi connectivity index (χ4n) is 1.40. The van der Waals surface area contributed by atoms with Gasteiger partial charge in [-0.25, -0.2) is 0 Å². The molecule has 0 bridgehead atoms. The number of nitrogens with two attached hydrogens (primary N) is 1. The Morgan fingerprint density at radius 2 is 2.31 bits per heavy atom. The Morgan fingerprint density at radius 1 is 1.62 bits per heavy atom. The van der Waals surface area contributed by atoms with Crippen LogP contribution in [0, 0.1) is 0 Å². The van der Waals surface area contributed by atoms with Crippen LogP contribution in [0.3, 0.4) is 0 Å². The zero-order valence-corrected chi connectivity index (χ0v) is 10.1. The highest BCUT2D eigenvalue weighted by Gasteiger charge is 2.16. The van der Waals surface area contributed by atoms with Crippen molar-refractivity contribution in [2.45, 2.75) is 32.9 Å². The maximum absolute atomic E-state index is 12.1. The summed E-state index contributed by atoms with van der Waals surface area (Å²) in [5.41, 5.74) is 6.88. The third-order valence-corrected chi connectivity index (χ3v) is 2.84. The van der Waals surface area contributed by atoms with Crippen LogP contribution in [-0.4, -0.2) is 28.9 Å². The first-order valence-electron chi connectivity index (χ1n) is 5.52. The second kappa shape index (κ2) is 5.61. The standard InChI is InChI=1S/C12H19N3O/c1-4-9(2)15(3)12(16)10-5-6-14-11(7-10)8-13/h5-7,9H,4,8,13H2,1-3H3. The van der Waals surface area contributed by atoms with Gasteiger partial charge < -0.3 is 10.6 Å². The average Bonchev–Trinajstić information content (AvgIpc) is 2.36. The van der Waals surface area contributed by atoms with E-state index < -0.39 is 0 Å². The Bertz CT molecular complexity index is 365. The summed E-state index contributed by atoms with van der Waals surface area (Å²) in [6.07, 6.45) is 2.57. The van der Waals surface area contributed by atoms with Crippen LogP contribution in [0.1, 0.15) is 36.3 Å². The Hall–Kier alpha value is -1.42. The van der Waals surface area contributed by atoms with Gasteiger partial charge in [0.2, 0.25) is 0 Å². The lowest BCUT2D eigenvalue weighted by Crippen LogP contribution is -2.34. The topological polar surface area (TPSA) is 59.2 Å². The van der Waals surface area contributed by atoms with Crippen LogP contribution in [0.25, 0.3) is 0 Å². The Kier molecular flexibility index (Phi) is 4.43. The molecule has 0 aliphatic carbocycles. The van der Waals surface area contributed by atoms with Crippen LogP contribution in [0.15, 0.2) is 18.3 Å². The summed E-state index contributed by atoms with van der Waals surface area (Å²) in [5.74, 6) is 0.0199. The lowest BCUT2D eigenvalue weighted by atomic mass is 10.1. The van der Waals surface area contributed by atoms with E-state index >= 15 is 0 Å². The number of pyridine rings is 1. The van der Waals surface area contributed by atoms with Crippen LogP contribution < -0.4 is 5.73 Å². The number of amides is 1. The number of aromatic nitrogens is 1. The molecule has 16 heavy (non-hydrogen) atoms. The molecule has 4 heteroatoms. The molecule has 4 nitrogen and oxygen atoms in total. The van der Waals surface area contributed by atoms with E-state index in [9.17, 15) is 4.79 Å². The highest BCUT2D eigenvalue weighted by molar-refractivity contribution is 5.94. The molecule has 1 rings (SSSR count). The second-order valence-corrected chi connectivity index (χ2v) is 3.91. The quantitative estimate of drug-likeness (QED) is 0.836. The van der Waals surface area contributed by atoms with E-state index in [0.717, 1.165) is 12.1 Å². The molecule has 1 aromatic rings. The summed E-state index contributed by atoms with van der Waals surface area (Å²) in [5, 5.41) is 0. The van der Waals surface area contributed by atoms with E-state index in [4.69, 9.17) is 5.73 Å². The zero-order valence-electron chi connectivity index (χ0n) is 10.1. The SMILES string of the molecule is CCC(C)N(C)C(=O)c1ccnc(CN)c1. The Morgan fingerprint density at radius 3 is 2.88 bits per heavy atom. The fourth-order valence-corrected chi connectivity index (χ4v) is 1.40. The van der Waals surface area contributed by atoms with Crippen molar-refractivity contribution in [3.63, 3.8) is 0 Å². The van der Waals surface area contributed by atoms with Crippen molar-refractivity contribution >= 4 is 5.91 Å². The molecule has 2 N–H and O–H groups in total. The van der Waals surface area contributed by atoms with Crippen molar-refractivity contribution in [3.05, 3.63) is 29.6 Å². The molecule has 1 heterocycles.